The van der Waals surface area contributed by atoms with Crippen molar-refractivity contribution in [2.75, 3.05) is 11.1 Å². The zero-order valence-electron chi connectivity index (χ0n) is 12.8. The van der Waals surface area contributed by atoms with Crippen molar-refractivity contribution in [3.63, 3.8) is 0 Å². The number of amides is 1. The van der Waals surface area contributed by atoms with Crippen molar-refractivity contribution in [1.82, 2.24) is 10.2 Å². The number of rotatable bonds is 7. The van der Waals surface area contributed by atoms with E-state index in [9.17, 15) is 4.79 Å². The van der Waals surface area contributed by atoms with Gasteiger partial charge in [-0.2, -0.15) is 0 Å². The third-order valence-electron chi connectivity index (χ3n) is 2.93. The van der Waals surface area contributed by atoms with Gasteiger partial charge in [-0.15, -0.1) is 10.2 Å². The molecule has 5 nitrogen and oxygen atoms in total. The van der Waals surface area contributed by atoms with Gasteiger partial charge in [0.25, 0.3) is 5.91 Å². The van der Waals surface area contributed by atoms with Crippen LogP contribution in [0.2, 0.25) is 0 Å². The highest BCUT2D eigenvalue weighted by Gasteiger charge is 2.18. The topological polar surface area (TPSA) is 64.1 Å². The number of nitrogens with one attached hydrogen (secondary N) is 1. The number of aromatic nitrogens is 2. The molecule has 0 radical (unpaired) electrons. The zero-order chi connectivity index (χ0) is 15.9. The van der Waals surface area contributed by atoms with E-state index in [4.69, 9.17) is 4.74 Å². The van der Waals surface area contributed by atoms with Crippen LogP contribution >= 0.6 is 23.1 Å². The summed E-state index contributed by atoms with van der Waals surface area (Å²) in [6.07, 6.45) is 0.261. The molecule has 2 rings (SSSR count). The second-order valence-corrected chi connectivity index (χ2v) is 7.01. The van der Waals surface area contributed by atoms with Crippen LogP contribution in [-0.4, -0.2) is 28.0 Å². The quantitative estimate of drug-likeness (QED) is 0.617. The van der Waals surface area contributed by atoms with Crippen LogP contribution in [0.5, 0.6) is 5.75 Å². The smallest absolute Gasteiger partial charge is 0.266 e. The number of nitrogens with zero attached hydrogens (tertiary/aromatic N) is 2. The molecule has 0 aliphatic heterocycles. The Morgan fingerprint density at radius 2 is 2.14 bits per heavy atom. The largest absolute Gasteiger partial charge is 0.481 e. The summed E-state index contributed by atoms with van der Waals surface area (Å²) in [5.41, 5.74) is 1.08. The van der Waals surface area contributed by atoms with E-state index in [1.807, 2.05) is 31.2 Å². The molecule has 1 heterocycles. The molecule has 1 aromatic carbocycles. The molecular formula is C15H19N3O2S2. The van der Waals surface area contributed by atoms with Gasteiger partial charge in [-0.3, -0.25) is 10.1 Å². The Morgan fingerprint density at radius 1 is 1.36 bits per heavy atom. The SMILES string of the molecule is CCSc1nnc(NC(=O)C(C)Oc2ccccc2CC)s1. The Morgan fingerprint density at radius 3 is 2.86 bits per heavy atom. The van der Waals surface area contributed by atoms with Crippen LogP contribution in [0.1, 0.15) is 26.3 Å². The summed E-state index contributed by atoms with van der Waals surface area (Å²) in [5.74, 6) is 1.44. The normalized spacial score (nSPS) is 12.0. The number of hydrogen-bond acceptors (Lipinski definition) is 6. The third kappa shape index (κ3) is 4.45. The molecule has 7 heteroatoms. The first-order chi connectivity index (χ1) is 10.6. The predicted octanol–water partition coefficient (Wildman–Crippen LogP) is 3.62. The number of para-hydroxylation sites is 1. The van der Waals surface area contributed by atoms with E-state index in [0.29, 0.717) is 5.13 Å². The number of carbonyl (C=O) groups excluding carboxylic acids is 1. The predicted molar refractivity (Wildman–Crippen MR) is 90.8 cm³/mol. The number of aryl methyl sites for hydroxylation is 1. The van der Waals surface area contributed by atoms with Gasteiger partial charge in [-0.05, 0) is 30.7 Å². The molecule has 22 heavy (non-hydrogen) atoms. The van der Waals surface area contributed by atoms with Crippen molar-refractivity contribution in [3.8, 4) is 5.75 Å². The molecule has 1 aromatic heterocycles. The summed E-state index contributed by atoms with van der Waals surface area (Å²) in [5, 5.41) is 11.2. The number of anilines is 1. The first-order valence-corrected chi connectivity index (χ1v) is 8.96. The number of thioether (sulfide) groups is 1. The van der Waals surface area contributed by atoms with Gasteiger partial charge in [0.1, 0.15) is 5.75 Å². The second-order valence-electron chi connectivity index (χ2n) is 4.52. The Balaban J connectivity index is 1.96. The highest BCUT2D eigenvalue weighted by atomic mass is 32.2. The minimum absolute atomic E-state index is 0.227. The summed E-state index contributed by atoms with van der Waals surface area (Å²) >= 11 is 2.97. The van der Waals surface area contributed by atoms with E-state index in [0.717, 1.165) is 27.8 Å². The maximum absolute atomic E-state index is 12.2. The molecule has 0 saturated heterocycles. The molecule has 0 spiro atoms. The second kappa shape index (κ2) is 8.14. The lowest BCUT2D eigenvalue weighted by Crippen LogP contribution is -2.30. The van der Waals surface area contributed by atoms with Crippen LogP contribution < -0.4 is 10.1 Å². The number of hydrogen-bond donors (Lipinski definition) is 1. The molecule has 118 valence electrons. The number of carbonyl (C=O) groups is 1. The summed E-state index contributed by atoms with van der Waals surface area (Å²) in [7, 11) is 0. The molecule has 2 aromatic rings. The lowest BCUT2D eigenvalue weighted by Gasteiger charge is -2.15. The fraction of sp³-hybridized carbons (Fsp3) is 0.400. The van der Waals surface area contributed by atoms with E-state index in [-0.39, 0.29) is 5.91 Å². The van der Waals surface area contributed by atoms with Crippen molar-refractivity contribution in [2.24, 2.45) is 0 Å². The van der Waals surface area contributed by atoms with Gasteiger partial charge in [0.2, 0.25) is 5.13 Å². The molecule has 0 aliphatic carbocycles. The van der Waals surface area contributed by atoms with Crippen LogP contribution in [-0.2, 0) is 11.2 Å². The highest BCUT2D eigenvalue weighted by molar-refractivity contribution is 8.01. The molecule has 1 atom stereocenters. The monoisotopic (exact) mass is 337 g/mol. The van der Waals surface area contributed by atoms with Crippen molar-refractivity contribution >= 4 is 34.1 Å². The standard InChI is InChI=1S/C15H19N3O2S2/c1-4-11-8-6-7-9-12(11)20-10(3)13(19)16-14-17-18-15(22-14)21-5-2/h6-10H,4-5H2,1-3H3,(H,16,17,19). The summed E-state index contributed by atoms with van der Waals surface area (Å²) < 4.78 is 6.61. The molecule has 0 bridgehead atoms. The molecule has 1 unspecified atom stereocenters. The van der Waals surface area contributed by atoms with Gasteiger partial charge in [0.05, 0.1) is 0 Å². The zero-order valence-corrected chi connectivity index (χ0v) is 14.5. The highest BCUT2D eigenvalue weighted by Crippen LogP contribution is 2.25. The van der Waals surface area contributed by atoms with Crippen LogP contribution in [0.4, 0.5) is 5.13 Å². The van der Waals surface area contributed by atoms with Crippen LogP contribution in [0.15, 0.2) is 28.6 Å². The summed E-state index contributed by atoms with van der Waals surface area (Å²) in [4.78, 5) is 12.2. The molecule has 0 aliphatic rings. The van der Waals surface area contributed by atoms with Crippen molar-refractivity contribution < 1.29 is 9.53 Å². The van der Waals surface area contributed by atoms with Crippen molar-refractivity contribution in [3.05, 3.63) is 29.8 Å². The average molecular weight is 337 g/mol. The fourth-order valence-electron chi connectivity index (χ4n) is 1.80. The van der Waals surface area contributed by atoms with E-state index in [2.05, 4.69) is 22.4 Å². The maximum atomic E-state index is 12.2. The van der Waals surface area contributed by atoms with Gasteiger partial charge in [0, 0.05) is 0 Å². The first kappa shape index (κ1) is 16.8. The van der Waals surface area contributed by atoms with E-state index < -0.39 is 6.10 Å². The van der Waals surface area contributed by atoms with E-state index >= 15 is 0 Å². The van der Waals surface area contributed by atoms with Crippen LogP contribution in [0.25, 0.3) is 0 Å². The van der Waals surface area contributed by atoms with E-state index in [1.54, 1.807) is 18.7 Å². The summed E-state index contributed by atoms with van der Waals surface area (Å²) in [6, 6.07) is 7.74. The van der Waals surface area contributed by atoms with Crippen LogP contribution in [0.3, 0.4) is 0 Å². The Labute approximate surface area is 138 Å². The van der Waals surface area contributed by atoms with Crippen LogP contribution in [0, 0.1) is 0 Å². The Hall–Kier alpha value is -1.60. The minimum atomic E-state index is -0.598. The molecule has 0 fully saturated rings. The van der Waals surface area contributed by atoms with Crippen molar-refractivity contribution in [2.45, 2.75) is 37.6 Å². The van der Waals surface area contributed by atoms with Gasteiger partial charge in [-0.25, -0.2) is 0 Å². The van der Waals surface area contributed by atoms with Gasteiger partial charge in [-0.1, -0.05) is 55.1 Å². The fourth-order valence-corrected chi connectivity index (χ4v) is 3.46. The third-order valence-corrected chi connectivity index (χ3v) is 4.79. The first-order valence-electron chi connectivity index (χ1n) is 7.15. The molecule has 0 saturated carbocycles. The molecular weight excluding hydrogens is 318 g/mol. The van der Waals surface area contributed by atoms with Gasteiger partial charge >= 0.3 is 0 Å². The average Bonchev–Trinajstić information content (AvgIpc) is 2.95. The minimum Gasteiger partial charge on any atom is -0.481 e. The van der Waals surface area contributed by atoms with Gasteiger partial charge in [0.15, 0.2) is 10.4 Å². The Kier molecular flexibility index (Phi) is 6.21. The lowest BCUT2D eigenvalue weighted by atomic mass is 10.1. The van der Waals surface area contributed by atoms with Gasteiger partial charge < -0.3 is 4.74 Å². The molecule has 1 amide bonds. The summed E-state index contributed by atoms with van der Waals surface area (Å²) in [6.45, 7) is 5.83. The maximum Gasteiger partial charge on any atom is 0.266 e. The van der Waals surface area contributed by atoms with Crippen molar-refractivity contribution in [1.29, 1.82) is 0 Å². The number of ether oxygens (including phenoxy) is 1. The lowest BCUT2D eigenvalue weighted by molar-refractivity contribution is -0.122. The van der Waals surface area contributed by atoms with E-state index in [1.165, 1.54) is 11.3 Å². The Bertz CT molecular complexity index is 631. The molecule has 1 N–H and O–H groups in total. The number of benzene rings is 1.